The molecule has 0 amide bonds. The number of piperidine rings is 1. The van der Waals surface area contributed by atoms with Crippen LogP contribution < -0.4 is 5.32 Å². The standard InChI is InChI=1S/C17H25Cl2NO2/c1-2-21-10-5-11-22-17(13-6-4-9-20-12-13)14-7-3-8-15(18)16(14)19/h3,7-8,13,17,20H,2,4-6,9-12H2,1H3/t13-,17-/m1/s1. The summed E-state index contributed by atoms with van der Waals surface area (Å²) in [5, 5.41) is 4.65. The molecule has 0 unspecified atom stereocenters. The minimum absolute atomic E-state index is 0.0133. The van der Waals surface area contributed by atoms with E-state index in [9.17, 15) is 0 Å². The van der Waals surface area contributed by atoms with E-state index < -0.39 is 0 Å². The zero-order chi connectivity index (χ0) is 15.8. The van der Waals surface area contributed by atoms with Crippen LogP contribution in [0.25, 0.3) is 0 Å². The maximum atomic E-state index is 6.41. The molecule has 1 N–H and O–H groups in total. The zero-order valence-electron chi connectivity index (χ0n) is 13.1. The Bertz CT molecular complexity index is 450. The highest BCUT2D eigenvalue weighted by molar-refractivity contribution is 6.42. The van der Waals surface area contributed by atoms with Gasteiger partial charge in [0, 0.05) is 37.8 Å². The number of nitrogens with one attached hydrogen (secondary N) is 1. The molecule has 22 heavy (non-hydrogen) atoms. The summed E-state index contributed by atoms with van der Waals surface area (Å²) >= 11 is 12.6. The number of hydrogen-bond donors (Lipinski definition) is 1. The summed E-state index contributed by atoms with van der Waals surface area (Å²) in [5.41, 5.74) is 0.999. The molecule has 0 bridgehead atoms. The van der Waals surface area contributed by atoms with Gasteiger partial charge >= 0.3 is 0 Å². The molecule has 3 nitrogen and oxygen atoms in total. The maximum absolute atomic E-state index is 6.41. The lowest BCUT2D eigenvalue weighted by Crippen LogP contribution is -2.34. The molecule has 0 aliphatic carbocycles. The van der Waals surface area contributed by atoms with E-state index in [1.165, 1.54) is 6.42 Å². The number of ether oxygens (including phenoxy) is 2. The van der Waals surface area contributed by atoms with Crippen molar-refractivity contribution in [1.82, 2.24) is 5.32 Å². The monoisotopic (exact) mass is 345 g/mol. The molecular weight excluding hydrogens is 321 g/mol. The van der Waals surface area contributed by atoms with Crippen LogP contribution in [0.5, 0.6) is 0 Å². The molecule has 0 aromatic heterocycles. The molecule has 5 heteroatoms. The third kappa shape index (κ3) is 5.10. The van der Waals surface area contributed by atoms with Gasteiger partial charge in [0.2, 0.25) is 0 Å². The lowest BCUT2D eigenvalue weighted by atomic mass is 9.89. The Hall–Kier alpha value is -0.320. The Morgan fingerprint density at radius 2 is 2.18 bits per heavy atom. The normalized spacial score (nSPS) is 20.0. The first kappa shape index (κ1) is 18.0. The van der Waals surface area contributed by atoms with E-state index in [1.807, 2.05) is 25.1 Å². The number of hydrogen-bond acceptors (Lipinski definition) is 3. The van der Waals surface area contributed by atoms with Crippen LogP contribution in [0.3, 0.4) is 0 Å². The minimum Gasteiger partial charge on any atom is -0.382 e. The van der Waals surface area contributed by atoms with Crippen molar-refractivity contribution in [2.45, 2.75) is 32.3 Å². The number of rotatable bonds is 8. The Kier molecular flexibility index (Phi) is 7.98. The average molecular weight is 346 g/mol. The molecule has 2 rings (SSSR count). The predicted molar refractivity (Wildman–Crippen MR) is 91.9 cm³/mol. The minimum atomic E-state index is -0.0133. The van der Waals surface area contributed by atoms with Crippen LogP contribution in [0.15, 0.2) is 18.2 Å². The van der Waals surface area contributed by atoms with Gasteiger partial charge in [-0.1, -0.05) is 35.3 Å². The van der Waals surface area contributed by atoms with Gasteiger partial charge in [-0.05, 0) is 38.8 Å². The Labute approximate surface area is 143 Å². The summed E-state index contributed by atoms with van der Waals surface area (Å²) in [4.78, 5) is 0. The maximum Gasteiger partial charge on any atom is 0.0880 e. The molecule has 0 radical (unpaired) electrons. The second-order valence-corrected chi connectivity index (χ2v) is 6.38. The molecule has 0 spiro atoms. The van der Waals surface area contributed by atoms with E-state index in [1.54, 1.807) is 0 Å². The highest BCUT2D eigenvalue weighted by Crippen LogP contribution is 2.37. The summed E-state index contributed by atoms with van der Waals surface area (Å²) < 4.78 is 11.6. The quantitative estimate of drug-likeness (QED) is 0.704. The van der Waals surface area contributed by atoms with Crippen molar-refractivity contribution in [3.05, 3.63) is 33.8 Å². The lowest BCUT2D eigenvalue weighted by molar-refractivity contribution is -0.00713. The predicted octanol–water partition coefficient (Wildman–Crippen LogP) is 4.48. The van der Waals surface area contributed by atoms with Crippen molar-refractivity contribution in [2.24, 2.45) is 5.92 Å². The van der Waals surface area contributed by atoms with Gasteiger partial charge in [-0.3, -0.25) is 0 Å². The summed E-state index contributed by atoms with van der Waals surface area (Å²) in [5.74, 6) is 0.428. The van der Waals surface area contributed by atoms with Gasteiger partial charge < -0.3 is 14.8 Å². The first-order valence-electron chi connectivity index (χ1n) is 8.08. The second kappa shape index (κ2) is 9.74. The fourth-order valence-electron chi connectivity index (χ4n) is 2.87. The molecule has 124 valence electrons. The largest absolute Gasteiger partial charge is 0.382 e. The van der Waals surface area contributed by atoms with Crippen molar-refractivity contribution in [3.8, 4) is 0 Å². The van der Waals surface area contributed by atoms with Crippen LogP contribution >= 0.6 is 23.2 Å². The zero-order valence-corrected chi connectivity index (χ0v) is 14.6. The van der Waals surface area contributed by atoms with Gasteiger partial charge in [-0.15, -0.1) is 0 Å². The third-order valence-electron chi connectivity index (χ3n) is 3.99. The van der Waals surface area contributed by atoms with Crippen LogP contribution in [0.4, 0.5) is 0 Å². The van der Waals surface area contributed by atoms with E-state index in [-0.39, 0.29) is 6.10 Å². The van der Waals surface area contributed by atoms with Gasteiger partial charge in [0.15, 0.2) is 0 Å². The van der Waals surface area contributed by atoms with Crippen LogP contribution in [0, 0.1) is 5.92 Å². The molecule has 1 saturated heterocycles. The van der Waals surface area contributed by atoms with Crippen molar-refractivity contribution < 1.29 is 9.47 Å². The molecule has 1 aromatic carbocycles. The lowest BCUT2D eigenvalue weighted by Gasteiger charge is -2.31. The molecular formula is C17H25Cl2NO2. The van der Waals surface area contributed by atoms with E-state index in [4.69, 9.17) is 32.7 Å². The van der Waals surface area contributed by atoms with Gasteiger partial charge in [-0.25, -0.2) is 0 Å². The van der Waals surface area contributed by atoms with E-state index in [0.29, 0.717) is 22.6 Å². The first-order chi connectivity index (χ1) is 10.7. The van der Waals surface area contributed by atoms with Gasteiger partial charge in [-0.2, -0.15) is 0 Å². The fraction of sp³-hybridized carbons (Fsp3) is 0.647. The third-order valence-corrected chi connectivity index (χ3v) is 4.82. The molecule has 2 atom stereocenters. The molecule has 1 aromatic rings. The van der Waals surface area contributed by atoms with Gasteiger partial charge in [0.25, 0.3) is 0 Å². The van der Waals surface area contributed by atoms with Crippen molar-refractivity contribution in [2.75, 3.05) is 32.9 Å². The summed E-state index contributed by atoms with van der Waals surface area (Å²) in [6.07, 6.45) is 3.19. The van der Waals surface area contributed by atoms with E-state index >= 15 is 0 Å². The second-order valence-electron chi connectivity index (χ2n) is 5.59. The highest BCUT2D eigenvalue weighted by atomic mass is 35.5. The number of benzene rings is 1. The van der Waals surface area contributed by atoms with Crippen LogP contribution in [-0.4, -0.2) is 32.9 Å². The van der Waals surface area contributed by atoms with E-state index in [2.05, 4.69) is 5.32 Å². The van der Waals surface area contributed by atoms with Crippen molar-refractivity contribution in [3.63, 3.8) is 0 Å². The van der Waals surface area contributed by atoms with Crippen molar-refractivity contribution in [1.29, 1.82) is 0 Å². The summed E-state index contributed by atoms with van der Waals surface area (Å²) in [7, 11) is 0. The fourth-order valence-corrected chi connectivity index (χ4v) is 3.29. The molecule has 0 saturated carbocycles. The van der Waals surface area contributed by atoms with Gasteiger partial charge in [0.1, 0.15) is 0 Å². The van der Waals surface area contributed by atoms with Crippen LogP contribution in [-0.2, 0) is 9.47 Å². The Balaban J connectivity index is 2.05. The highest BCUT2D eigenvalue weighted by Gasteiger charge is 2.27. The summed E-state index contributed by atoms with van der Waals surface area (Å²) in [6.45, 7) is 6.19. The van der Waals surface area contributed by atoms with Crippen LogP contribution in [0.1, 0.15) is 37.9 Å². The Morgan fingerprint density at radius 1 is 1.32 bits per heavy atom. The Morgan fingerprint density at radius 3 is 2.91 bits per heavy atom. The summed E-state index contributed by atoms with van der Waals surface area (Å²) in [6, 6.07) is 5.78. The van der Waals surface area contributed by atoms with E-state index in [0.717, 1.165) is 44.7 Å². The number of halogens is 2. The topological polar surface area (TPSA) is 30.5 Å². The molecule has 1 fully saturated rings. The molecule has 1 aliphatic rings. The molecule has 1 heterocycles. The van der Waals surface area contributed by atoms with Gasteiger partial charge in [0.05, 0.1) is 16.1 Å². The molecule has 1 aliphatic heterocycles. The first-order valence-corrected chi connectivity index (χ1v) is 8.83. The smallest absolute Gasteiger partial charge is 0.0880 e. The average Bonchev–Trinajstić information content (AvgIpc) is 2.55. The SMILES string of the molecule is CCOCCCO[C@@H](c1cccc(Cl)c1Cl)[C@@H]1CCCNC1. The van der Waals surface area contributed by atoms with Crippen LogP contribution in [0.2, 0.25) is 10.0 Å². The van der Waals surface area contributed by atoms with Crippen molar-refractivity contribution >= 4 is 23.2 Å².